The van der Waals surface area contributed by atoms with Crippen molar-refractivity contribution in [1.29, 1.82) is 0 Å². The molecule has 0 radical (unpaired) electrons. The average Bonchev–Trinajstić information content (AvgIpc) is 3.65. The van der Waals surface area contributed by atoms with Crippen molar-refractivity contribution >= 4 is 11.7 Å². The molecule has 4 rings (SSSR count). The molecular formula is C24H35NO6. The standard InChI is InChI=1S/C24H35NO6/c1-5-6-7-8-9-14(2)12-15(3)10-11-17(26)25-16-13-24(31-23(16)28-4)21-19(29-21)18(27)20-22(24)30-20/h10-12,14,16,19-23H,5-9,13H2,1-4H3,(H,25,26)/b11-10+,15-12-. The van der Waals surface area contributed by atoms with Crippen LogP contribution in [0.2, 0.25) is 0 Å². The molecule has 3 heterocycles. The Labute approximate surface area is 184 Å². The maximum Gasteiger partial charge on any atom is 0.244 e. The zero-order chi connectivity index (χ0) is 22.2. The van der Waals surface area contributed by atoms with Crippen molar-refractivity contribution in [1.82, 2.24) is 5.32 Å². The van der Waals surface area contributed by atoms with Gasteiger partial charge in [-0.2, -0.15) is 0 Å². The number of hydrogen-bond donors (Lipinski definition) is 1. The second-order valence-electron chi connectivity index (χ2n) is 9.42. The van der Waals surface area contributed by atoms with Gasteiger partial charge in [-0.3, -0.25) is 9.59 Å². The lowest BCUT2D eigenvalue weighted by Gasteiger charge is -2.26. The highest BCUT2D eigenvalue weighted by Crippen LogP contribution is 2.57. The molecule has 7 unspecified atom stereocenters. The molecule has 3 saturated heterocycles. The van der Waals surface area contributed by atoms with Crippen molar-refractivity contribution in [2.24, 2.45) is 5.92 Å². The van der Waals surface area contributed by atoms with Crippen LogP contribution in [0.25, 0.3) is 0 Å². The number of epoxide rings is 2. The Kier molecular flexibility index (Phi) is 6.68. The van der Waals surface area contributed by atoms with E-state index < -0.39 is 24.1 Å². The monoisotopic (exact) mass is 433 g/mol. The zero-order valence-electron chi connectivity index (χ0n) is 19.0. The highest BCUT2D eigenvalue weighted by molar-refractivity contribution is 5.94. The Hall–Kier alpha value is -1.54. The summed E-state index contributed by atoms with van der Waals surface area (Å²) in [6, 6.07) is -0.327. The minimum absolute atomic E-state index is 0.00969. The molecule has 0 aromatic heterocycles. The third-order valence-electron chi connectivity index (χ3n) is 6.83. The number of methoxy groups -OCH3 is 1. The van der Waals surface area contributed by atoms with E-state index in [0.717, 1.165) is 5.57 Å². The fraction of sp³-hybridized carbons (Fsp3) is 0.750. The number of ketones is 1. The van der Waals surface area contributed by atoms with Gasteiger partial charge in [-0.25, -0.2) is 0 Å². The Morgan fingerprint density at radius 3 is 2.58 bits per heavy atom. The number of carbonyl (C=O) groups is 2. The van der Waals surface area contributed by atoms with Crippen LogP contribution in [0.15, 0.2) is 23.8 Å². The van der Waals surface area contributed by atoms with Gasteiger partial charge in [-0.1, -0.05) is 57.3 Å². The minimum atomic E-state index is -0.714. The fourth-order valence-corrected chi connectivity index (χ4v) is 5.13. The normalized spacial score (nSPS) is 39.5. The number of Topliss-reactive ketones (excluding diaryl/α,β-unsaturated/α-hetero) is 1. The van der Waals surface area contributed by atoms with E-state index in [1.807, 2.05) is 13.0 Å². The zero-order valence-corrected chi connectivity index (χ0v) is 19.0. The number of fused-ring (bicyclic) bond motifs is 4. The van der Waals surface area contributed by atoms with Gasteiger partial charge in [0.2, 0.25) is 5.91 Å². The molecule has 1 saturated carbocycles. The van der Waals surface area contributed by atoms with Crippen LogP contribution < -0.4 is 5.32 Å². The molecule has 4 fully saturated rings. The van der Waals surface area contributed by atoms with Crippen LogP contribution in [0.1, 0.15) is 59.3 Å². The van der Waals surface area contributed by atoms with Crippen LogP contribution in [0, 0.1) is 5.92 Å². The maximum atomic E-state index is 12.5. The van der Waals surface area contributed by atoms with E-state index in [4.69, 9.17) is 18.9 Å². The van der Waals surface area contributed by atoms with E-state index in [1.165, 1.54) is 32.1 Å². The topological polar surface area (TPSA) is 89.7 Å². The van der Waals surface area contributed by atoms with E-state index in [1.54, 1.807) is 13.2 Å². The van der Waals surface area contributed by atoms with Crippen molar-refractivity contribution in [2.45, 2.75) is 102 Å². The first kappa shape index (κ1) is 22.6. The van der Waals surface area contributed by atoms with Crippen LogP contribution in [0.3, 0.4) is 0 Å². The Morgan fingerprint density at radius 1 is 1.23 bits per heavy atom. The predicted molar refractivity (Wildman–Crippen MR) is 114 cm³/mol. The molecule has 0 aromatic rings. The molecule has 4 aliphatic rings. The quantitative estimate of drug-likeness (QED) is 0.247. The van der Waals surface area contributed by atoms with Crippen molar-refractivity contribution < 1.29 is 28.5 Å². The number of allylic oxidation sites excluding steroid dienone is 3. The van der Waals surface area contributed by atoms with Crippen LogP contribution >= 0.6 is 0 Å². The third kappa shape index (κ3) is 4.65. The van der Waals surface area contributed by atoms with Gasteiger partial charge >= 0.3 is 0 Å². The summed E-state index contributed by atoms with van der Waals surface area (Å²) in [5.41, 5.74) is 0.365. The van der Waals surface area contributed by atoms with Gasteiger partial charge in [0.15, 0.2) is 12.1 Å². The molecular weight excluding hydrogens is 398 g/mol. The number of ether oxygens (including phenoxy) is 4. The number of unbranched alkanes of at least 4 members (excludes halogenated alkanes) is 3. The Bertz CT molecular complexity index is 741. The van der Waals surface area contributed by atoms with E-state index in [9.17, 15) is 9.59 Å². The molecule has 1 amide bonds. The second-order valence-corrected chi connectivity index (χ2v) is 9.42. The van der Waals surface area contributed by atoms with Gasteiger partial charge < -0.3 is 24.3 Å². The van der Waals surface area contributed by atoms with E-state index in [2.05, 4.69) is 25.2 Å². The van der Waals surface area contributed by atoms with Gasteiger partial charge in [0.05, 0.1) is 6.04 Å². The maximum absolute atomic E-state index is 12.5. The number of rotatable bonds is 10. The largest absolute Gasteiger partial charge is 0.358 e. The first-order valence-electron chi connectivity index (χ1n) is 11.6. The van der Waals surface area contributed by atoms with Gasteiger partial charge in [0.25, 0.3) is 0 Å². The molecule has 1 spiro atoms. The molecule has 0 aromatic carbocycles. The summed E-state index contributed by atoms with van der Waals surface area (Å²) in [6.07, 6.45) is 10.3. The van der Waals surface area contributed by atoms with E-state index in [-0.39, 0.29) is 29.9 Å². The van der Waals surface area contributed by atoms with Crippen molar-refractivity contribution in [3.8, 4) is 0 Å². The molecule has 3 aliphatic heterocycles. The van der Waals surface area contributed by atoms with Gasteiger partial charge in [0.1, 0.15) is 30.0 Å². The second kappa shape index (κ2) is 9.14. The lowest BCUT2D eigenvalue weighted by atomic mass is 9.81. The number of nitrogens with one attached hydrogen (secondary N) is 1. The van der Waals surface area contributed by atoms with Crippen LogP contribution in [0.4, 0.5) is 0 Å². The van der Waals surface area contributed by atoms with Crippen LogP contribution in [0.5, 0.6) is 0 Å². The summed E-state index contributed by atoms with van der Waals surface area (Å²) in [5, 5.41) is 3.00. The highest BCUT2D eigenvalue weighted by atomic mass is 16.7. The molecule has 7 atom stereocenters. The summed E-state index contributed by atoms with van der Waals surface area (Å²) in [5.74, 6) is 0.317. The number of hydrogen-bond acceptors (Lipinski definition) is 6. The first-order valence-corrected chi connectivity index (χ1v) is 11.6. The van der Waals surface area contributed by atoms with E-state index in [0.29, 0.717) is 12.3 Å². The molecule has 7 nitrogen and oxygen atoms in total. The van der Waals surface area contributed by atoms with Gasteiger partial charge in [-0.05, 0) is 19.3 Å². The summed E-state index contributed by atoms with van der Waals surface area (Å²) in [7, 11) is 1.55. The summed E-state index contributed by atoms with van der Waals surface area (Å²) >= 11 is 0. The minimum Gasteiger partial charge on any atom is -0.358 e. The third-order valence-corrected chi connectivity index (χ3v) is 6.83. The number of carbonyl (C=O) groups excluding carboxylic acids is 2. The predicted octanol–water partition coefficient (Wildman–Crippen LogP) is 2.83. The fourth-order valence-electron chi connectivity index (χ4n) is 5.13. The van der Waals surface area contributed by atoms with Gasteiger partial charge in [0, 0.05) is 19.6 Å². The van der Waals surface area contributed by atoms with Crippen molar-refractivity contribution in [2.75, 3.05) is 7.11 Å². The lowest BCUT2D eigenvalue weighted by Crippen LogP contribution is -2.49. The summed E-state index contributed by atoms with van der Waals surface area (Å²) in [4.78, 5) is 24.6. The van der Waals surface area contributed by atoms with Crippen LogP contribution in [-0.4, -0.2) is 61.1 Å². The average molecular weight is 434 g/mol. The molecule has 172 valence electrons. The molecule has 31 heavy (non-hydrogen) atoms. The highest BCUT2D eigenvalue weighted by Gasteiger charge is 2.79. The SMILES string of the molecule is CCCCCCC(C)/C=C(C)\C=C\C(=O)NC1CC2(OC1OC)C1OC1C(=O)C1OC12. The summed E-state index contributed by atoms with van der Waals surface area (Å²) in [6.45, 7) is 6.46. The molecule has 7 heteroatoms. The molecule has 1 aliphatic carbocycles. The lowest BCUT2D eigenvalue weighted by molar-refractivity contribution is -0.174. The Morgan fingerprint density at radius 2 is 1.94 bits per heavy atom. The van der Waals surface area contributed by atoms with E-state index >= 15 is 0 Å². The van der Waals surface area contributed by atoms with Crippen molar-refractivity contribution in [3.63, 3.8) is 0 Å². The van der Waals surface area contributed by atoms with Crippen molar-refractivity contribution in [3.05, 3.63) is 23.8 Å². The van der Waals surface area contributed by atoms with Gasteiger partial charge in [-0.15, -0.1) is 0 Å². The first-order chi connectivity index (χ1) is 14.9. The number of amides is 1. The Balaban J connectivity index is 1.29. The summed E-state index contributed by atoms with van der Waals surface area (Å²) < 4.78 is 22.8. The molecule has 0 bridgehead atoms. The molecule has 1 N–H and O–H groups in total. The van der Waals surface area contributed by atoms with Crippen LogP contribution in [-0.2, 0) is 28.5 Å². The smallest absolute Gasteiger partial charge is 0.244 e.